The quantitative estimate of drug-likeness (QED) is 0.810. The Morgan fingerprint density at radius 1 is 1.04 bits per heavy atom. The first-order chi connectivity index (χ1) is 11.2. The molecule has 0 unspecified atom stereocenters. The van der Waals surface area contributed by atoms with Gasteiger partial charge in [-0.15, -0.1) is 0 Å². The Kier molecular flexibility index (Phi) is 6.76. The fraction of sp³-hybridized carbons (Fsp3) is 0.316. The van der Waals surface area contributed by atoms with Gasteiger partial charge < -0.3 is 5.32 Å². The summed E-state index contributed by atoms with van der Waals surface area (Å²) < 4.78 is 12.9. The van der Waals surface area contributed by atoms with Crippen LogP contribution < -0.4 is 5.32 Å². The first-order valence-corrected chi connectivity index (χ1v) is 7.95. The van der Waals surface area contributed by atoms with Crippen LogP contribution in [-0.4, -0.2) is 23.9 Å². The Morgan fingerprint density at radius 3 is 2.39 bits per heavy atom. The molecule has 0 heterocycles. The van der Waals surface area contributed by atoms with Gasteiger partial charge >= 0.3 is 0 Å². The Morgan fingerprint density at radius 2 is 1.74 bits per heavy atom. The maximum Gasteiger partial charge on any atom is 0.234 e. The van der Waals surface area contributed by atoms with E-state index >= 15 is 0 Å². The molecular weight excluding hydrogens is 291 g/mol. The molecule has 0 radical (unpaired) electrons. The van der Waals surface area contributed by atoms with E-state index in [-0.39, 0.29) is 11.7 Å². The summed E-state index contributed by atoms with van der Waals surface area (Å²) in [7, 11) is 0. The number of hydrogen-bond donors (Lipinski definition) is 1. The van der Waals surface area contributed by atoms with Gasteiger partial charge in [-0.2, -0.15) is 0 Å². The molecule has 0 aliphatic rings. The van der Waals surface area contributed by atoms with Crippen molar-refractivity contribution in [1.29, 1.82) is 0 Å². The first kappa shape index (κ1) is 17.2. The number of halogens is 1. The molecule has 122 valence electrons. The van der Waals surface area contributed by atoms with Gasteiger partial charge in [-0.3, -0.25) is 9.69 Å². The van der Waals surface area contributed by atoms with Gasteiger partial charge in [-0.1, -0.05) is 49.4 Å². The van der Waals surface area contributed by atoms with Gasteiger partial charge in [0.1, 0.15) is 5.82 Å². The third-order valence-electron chi connectivity index (χ3n) is 3.56. The van der Waals surface area contributed by atoms with Crippen LogP contribution >= 0.6 is 0 Å². The van der Waals surface area contributed by atoms with Crippen LogP contribution in [0.3, 0.4) is 0 Å². The monoisotopic (exact) mass is 314 g/mol. The number of carbonyl (C=O) groups is 1. The minimum absolute atomic E-state index is 0.0151. The van der Waals surface area contributed by atoms with Crippen LogP contribution in [0.1, 0.15) is 24.5 Å². The van der Waals surface area contributed by atoms with Crippen LogP contribution in [0.15, 0.2) is 54.6 Å². The second-order valence-electron chi connectivity index (χ2n) is 5.60. The average molecular weight is 314 g/mol. The molecule has 0 aliphatic heterocycles. The lowest BCUT2D eigenvalue weighted by atomic mass is 10.2. The number of benzene rings is 2. The van der Waals surface area contributed by atoms with Crippen molar-refractivity contribution in [2.24, 2.45) is 0 Å². The Hall–Kier alpha value is -2.20. The number of hydrogen-bond acceptors (Lipinski definition) is 2. The zero-order valence-corrected chi connectivity index (χ0v) is 13.5. The molecule has 0 bridgehead atoms. The molecule has 1 N–H and O–H groups in total. The van der Waals surface area contributed by atoms with Crippen molar-refractivity contribution in [3.05, 3.63) is 71.5 Å². The van der Waals surface area contributed by atoms with E-state index in [1.54, 1.807) is 12.1 Å². The van der Waals surface area contributed by atoms with E-state index in [9.17, 15) is 9.18 Å². The van der Waals surface area contributed by atoms with Gasteiger partial charge in [-0.25, -0.2) is 4.39 Å². The SMILES string of the molecule is CCCN(CC(=O)NCc1ccc(F)cc1)Cc1ccccc1. The molecule has 0 saturated heterocycles. The zero-order valence-electron chi connectivity index (χ0n) is 13.5. The molecule has 0 atom stereocenters. The molecular formula is C19H23FN2O. The largest absolute Gasteiger partial charge is 0.351 e. The summed E-state index contributed by atoms with van der Waals surface area (Å²) in [5.41, 5.74) is 2.09. The van der Waals surface area contributed by atoms with Crippen molar-refractivity contribution in [3.63, 3.8) is 0 Å². The number of nitrogens with zero attached hydrogens (tertiary/aromatic N) is 1. The fourth-order valence-corrected chi connectivity index (χ4v) is 2.43. The maximum atomic E-state index is 12.9. The Balaban J connectivity index is 1.83. The van der Waals surface area contributed by atoms with E-state index in [2.05, 4.69) is 29.3 Å². The van der Waals surface area contributed by atoms with Crippen molar-refractivity contribution in [1.82, 2.24) is 10.2 Å². The summed E-state index contributed by atoms with van der Waals surface area (Å²) in [6.45, 7) is 4.53. The molecule has 4 heteroatoms. The molecule has 1 amide bonds. The molecule has 0 aromatic heterocycles. The van der Waals surface area contributed by atoms with E-state index in [1.165, 1.54) is 17.7 Å². The summed E-state index contributed by atoms with van der Waals surface area (Å²) in [6.07, 6.45) is 0.998. The highest BCUT2D eigenvalue weighted by atomic mass is 19.1. The number of nitrogens with one attached hydrogen (secondary N) is 1. The second kappa shape index (κ2) is 9.06. The standard InChI is InChI=1S/C19H23FN2O/c1-2-12-22(14-17-6-4-3-5-7-17)15-19(23)21-13-16-8-10-18(20)11-9-16/h3-11H,2,12-15H2,1H3,(H,21,23). The molecule has 0 fully saturated rings. The lowest BCUT2D eigenvalue weighted by Crippen LogP contribution is -2.37. The highest BCUT2D eigenvalue weighted by Gasteiger charge is 2.10. The number of amides is 1. The molecule has 2 aromatic rings. The predicted octanol–water partition coefficient (Wildman–Crippen LogP) is 3.35. The molecule has 3 nitrogen and oxygen atoms in total. The van der Waals surface area contributed by atoms with Crippen molar-refractivity contribution >= 4 is 5.91 Å². The molecule has 0 saturated carbocycles. The van der Waals surface area contributed by atoms with Crippen molar-refractivity contribution in [2.75, 3.05) is 13.1 Å². The topological polar surface area (TPSA) is 32.3 Å². The molecule has 23 heavy (non-hydrogen) atoms. The summed E-state index contributed by atoms with van der Waals surface area (Å²) in [4.78, 5) is 14.3. The van der Waals surface area contributed by atoms with Crippen molar-refractivity contribution in [2.45, 2.75) is 26.4 Å². The number of carbonyl (C=O) groups excluding carboxylic acids is 1. The van der Waals surface area contributed by atoms with E-state index in [1.807, 2.05) is 18.2 Å². The van der Waals surface area contributed by atoms with E-state index in [4.69, 9.17) is 0 Å². The van der Waals surface area contributed by atoms with Crippen LogP contribution in [0.2, 0.25) is 0 Å². The molecule has 0 aliphatic carbocycles. The maximum absolute atomic E-state index is 12.9. The Labute approximate surface area is 137 Å². The number of rotatable bonds is 8. The fourth-order valence-electron chi connectivity index (χ4n) is 2.43. The lowest BCUT2D eigenvalue weighted by Gasteiger charge is -2.21. The third kappa shape index (κ3) is 6.20. The van der Waals surface area contributed by atoms with E-state index in [0.717, 1.165) is 25.1 Å². The van der Waals surface area contributed by atoms with Gasteiger partial charge in [-0.05, 0) is 36.2 Å². The second-order valence-corrected chi connectivity index (χ2v) is 5.60. The van der Waals surface area contributed by atoms with E-state index in [0.29, 0.717) is 13.1 Å². The van der Waals surface area contributed by atoms with Crippen LogP contribution in [0, 0.1) is 5.82 Å². The van der Waals surface area contributed by atoms with Gasteiger partial charge in [0.2, 0.25) is 5.91 Å². The van der Waals surface area contributed by atoms with Gasteiger partial charge in [0, 0.05) is 13.1 Å². The third-order valence-corrected chi connectivity index (χ3v) is 3.56. The van der Waals surface area contributed by atoms with E-state index < -0.39 is 0 Å². The predicted molar refractivity (Wildman–Crippen MR) is 90.3 cm³/mol. The highest BCUT2D eigenvalue weighted by Crippen LogP contribution is 2.05. The molecule has 2 aromatic carbocycles. The highest BCUT2D eigenvalue weighted by molar-refractivity contribution is 5.78. The smallest absolute Gasteiger partial charge is 0.234 e. The summed E-state index contributed by atoms with van der Waals surface area (Å²) in [6, 6.07) is 16.3. The van der Waals surface area contributed by atoms with Crippen molar-refractivity contribution < 1.29 is 9.18 Å². The van der Waals surface area contributed by atoms with Crippen LogP contribution in [0.4, 0.5) is 4.39 Å². The summed E-state index contributed by atoms with van der Waals surface area (Å²) in [5.74, 6) is -0.282. The van der Waals surface area contributed by atoms with Gasteiger partial charge in [0.25, 0.3) is 0 Å². The van der Waals surface area contributed by atoms with Crippen molar-refractivity contribution in [3.8, 4) is 0 Å². The van der Waals surface area contributed by atoms with Gasteiger partial charge in [0.15, 0.2) is 0 Å². The van der Waals surface area contributed by atoms with Crippen LogP contribution in [0.5, 0.6) is 0 Å². The normalized spacial score (nSPS) is 10.7. The minimum atomic E-state index is -0.267. The molecule has 2 rings (SSSR count). The van der Waals surface area contributed by atoms with Gasteiger partial charge in [0.05, 0.1) is 6.54 Å². The summed E-state index contributed by atoms with van der Waals surface area (Å²) in [5, 5.41) is 2.89. The lowest BCUT2D eigenvalue weighted by molar-refractivity contribution is -0.122. The Bertz CT molecular complexity index is 599. The van der Waals surface area contributed by atoms with Crippen LogP contribution in [-0.2, 0) is 17.9 Å². The zero-order chi connectivity index (χ0) is 16.5. The summed E-state index contributed by atoms with van der Waals surface area (Å²) >= 11 is 0. The molecule has 0 spiro atoms. The first-order valence-electron chi connectivity index (χ1n) is 7.95. The minimum Gasteiger partial charge on any atom is -0.351 e. The average Bonchev–Trinajstić information content (AvgIpc) is 2.55. The van der Waals surface area contributed by atoms with Crippen LogP contribution in [0.25, 0.3) is 0 Å².